The third kappa shape index (κ3) is 8.95. The van der Waals surface area contributed by atoms with E-state index in [9.17, 15) is 13.2 Å². The van der Waals surface area contributed by atoms with Gasteiger partial charge in [-0.2, -0.15) is 13.2 Å². The first-order valence-electron chi connectivity index (χ1n) is 12.8. The Balaban J connectivity index is 0.00000134. The van der Waals surface area contributed by atoms with Crippen LogP contribution in [0.2, 0.25) is 0 Å². The molecule has 1 atom stereocenters. The van der Waals surface area contributed by atoms with Crippen LogP contribution in [0.5, 0.6) is 0 Å². The summed E-state index contributed by atoms with van der Waals surface area (Å²) < 4.78 is 41.5. The quantitative estimate of drug-likeness (QED) is 0.267. The number of benzene rings is 3. The summed E-state index contributed by atoms with van der Waals surface area (Å²) in [5.41, 5.74) is 9.57. The number of carbonyl (C=O) groups excluding carboxylic acids is 1. The van der Waals surface area contributed by atoms with Crippen molar-refractivity contribution in [2.45, 2.75) is 38.7 Å². The molecule has 1 aliphatic heterocycles. The fourth-order valence-corrected chi connectivity index (χ4v) is 4.81. The number of anilines is 1. The van der Waals surface area contributed by atoms with Crippen LogP contribution in [-0.2, 0) is 30.5 Å². The van der Waals surface area contributed by atoms with Crippen LogP contribution in [0.15, 0.2) is 103 Å². The topological polar surface area (TPSA) is 61.9 Å². The molecule has 40 heavy (non-hydrogen) atoms. The molecule has 3 aromatic carbocycles. The number of aliphatic imine (C=N–C) groups is 1. The number of alkyl halides is 3. The van der Waals surface area contributed by atoms with Gasteiger partial charge in [-0.25, -0.2) is 0 Å². The van der Waals surface area contributed by atoms with E-state index in [2.05, 4.69) is 58.3 Å². The van der Waals surface area contributed by atoms with Crippen LogP contribution in [0.3, 0.4) is 0 Å². The number of aryl methyl sites for hydroxylation is 1. The first-order chi connectivity index (χ1) is 19.3. The van der Waals surface area contributed by atoms with Crippen molar-refractivity contribution in [1.82, 2.24) is 4.90 Å². The van der Waals surface area contributed by atoms with Crippen molar-refractivity contribution in [2.24, 2.45) is 10.7 Å². The molecule has 1 heterocycles. The molecule has 0 aliphatic carbocycles. The zero-order valence-corrected chi connectivity index (χ0v) is 22.9. The summed E-state index contributed by atoms with van der Waals surface area (Å²) in [7, 11) is 0. The molecule has 0 amide bonds. The van der Waals surface area contributed by atoms with Crippen molar-refractivity contribution in [2.75, 3.05) is 18.0 Å². The molecule has 5 nitrogen and oxygen atoms in total. The van der Waals surface area contributed by atoms with Crippen molar-refractivity contribution in [3.63, 3.8) is 0 Å². The summed E-state index contributed by atoms with van der Waals surface area (Å²) >= 11 is 0. The first-order valence-corrected chi connectivity index (χ1v) is 12.8. The van der Waals surface area contributed by atoms with E-state index in [0.29, 0.717) is 25.2 Å². The van der Waals surface area contributed by atoms with E-state index in [-0.39, 0.29) is 12.6 Å². The smallest absolute Gasteiger partial charge is 0.403 e. The van der Waals surface area contributed by atoms with Gasteiger partial charge in [-0.05, 0) is 42.2 Å². The molecule has 212 valence electrons. The lowest BCUT2D eigenvalue weighted by Gasteiger charge is -2.33. The molecule has 2 N–H and O–H groups in total. The second kappa shape index (κ2) is 16.1. The Morgan fingerprint density at radius 2 is 1.70 bits per heavy atom. The predicted molar refractivity (Wildman–Crippen MR) is 158 cm³/mol. The number of rotatable bonds is 7. The molecule has 0 spiro atoms. The van der Waals surface area contributed by atoms with E-state index in [0.717, 1.165) is 28.8 Å². The van der Waals surface area contributed by atoms with Gasteiger partial charge in [0.1, 0.15) is 6.79 Å². The van der Waals surface area contributed by atoms with Gasteiger partial charge in [-0.3, -0.25) is 9.89 Å². The van der Waals surface area contributed by atoms with Gasteiger partial charge in [0, 0.05) is 50.0 Å². The van der Waals surface area contributed by atoms with Crippen molar-refractivity contribution < 1.29 is 18.0 Å². The molecule has 4 rings (SSSR count). The largest absolute Gasteiger partial charge is 0.416 e. The van der Waals surface area contributed by atoms with Gasteiger partial charge < -0.3 is 15.4 Å². The van der Waals surface area contributed by atoms with Crippen LogP contribution in [0, 0.1) is 6.92 Å². The summed E-state index contributed by atoms with van der Waals surface area (Å²) in [5.74, 6) is 0. The van der Waals surface area contributed by atoms with Gasteiger partial charge in [0.05, 0.1) is 12.1 Å². The normalized spacial score (nSPS) is 15.5. The highest BCUT2D eigenvalue weighted by Crippen LogP contribution is 2.35. The maximum absolute atomic E-state index is 13.8. The fourth-order valence-electron chi connectivity index (χ4n) is 4.81. The Morgan fingerprint density at radius 1 is 1.02 bits per heavy atom. The Kier molecular flexibility index (Phi) is 12.9. The average molecular weight is 551 g/mol. The minimum absolute atomic E-state index is 0.0140. The van der Waals surface area contributed by atoms with Gasteiger partial charge in [0.2, 0.25) is 0 Å². The lowest BCUT2D eigenvalue weighted by Crippen LogP contribution is -2.43. The van der Waals surface area contributed by atoms with Crippen molar-refractivity contribution in [3.05, 3.63) is 126 Å². The summed E-state index contributed by atoms with van der Waals surface area (Å²) in [6, 6.07) is 22.3. The molecular weight excluding hydrogens is 513 g/mol. The van der Waals surface area contributed by atoms with Crippen LogP contribution < -0.4 is 10.6 Å². The number of nitrogens with zero attached hydrogens (tertiary/aromatic N) is 3. The number of carbonyl (C=O) groups is 1. The van der Waals surface area contributed by atoms with E-state index in [1.807, 2.05) is 31.9 Å². The number of hydrogen-bond acceptors (Lipinski definition) is 5. The Morgan fingerprint density at radius 3 is 2.38 bits per heavy atom. The molecule has 0 bridgehead atoms. The first kappa shape index (κ1) is 32.0. The Labute approximate surface area is 235 Å². The van der Waals surface area contributed by atoms with Gasteiger partial charge in [-0.1, -0.05) is 66.2 Å². The third-order valence-corrected chi connectivity index (χ3v) is 6.49. The van der Waals surface area contributed by atoms with Crippen LogP contribution in [0.1, 0.15) is 27.8 Å². The zero-order valence-electron chi connectivity index (χ0n) is 22.9. The maximum Gasteiger partial charge on any atom is 0.416 e. The molecule has 0 aromatic heterocycles. The van der Waals surface area contributed by atoms with E-state index in [4.69, 9.17) is 10.5 Å². The SMILES string of the molecule is C=C.C=O.Cc1ccc2c(c1)CN(Cc1ccccc1C(F)(F)F)[C@H](Cc1ccccc1)CN2CC=N/C=C\N. The van der Waals surface area contributed by atoms with E-state index < -0.39 is 11.7 Å². The highest BCUT2D eigenvalue weighted by atomic mass is 19.4. The molecular formula is C32H37F3N4O. The average Bonchev–Trinajstić information content (AvgIpc) is 3.09. The second-order valence-corrected chi connectivity index (χ2v) is 9.11. The predicted octanol–water partition coefficient (Wildman–Crippen LogP) is 6.57. The molecule has 0 saturated carbocycles. The highest BCUT2D eigenvalue weighted by molar-refractivity contribution is 5.68. The minimum atomic E-state index is -4.40. The molecule has 0 fully saturated rings. The number of fused-ring (bicyclic) bond motifs is 1. The molecule has 1 aliphatic rings. The van der Waals surface area contributed by atoms with Crippen molar-refractivity contribution in [3.8, 4) is 0 Å². The van der Waals surface area contributed by atoms with Crippen molar-refractivity contribution >= 4 is 18.7 Å². The summed E-state index contributed by atoms with van der Waals surface area (Å²) in [6.07, 6.45) is 1.05. The number of nitrogens with two attached hydrogens (primary N) is 1. The zero-order chi connectivity index (χ0) is 29.5. The van der Waals surface area contributed by atoms with E-state index >= 15 is 0 Å². The monoisotopic (exact) mass is 550 g/mol. The van der Waals surface area contributed by atoms with Crippen LogP contribution in [-0.4, -0.2) is 37.0 Å². The lowest BCUT2D eigenvalue weighted by atomic mass is 10.0. The second-order valence-electron chi connectivity index (χ2n) is 9.11. The highest BCUT2D eigenvalue weighted by Gasteiger charge is 2.35. The number of halogens is 3. The van der Waals surface area contributed by atoms with Gasteiger partial charge >= 0.3 is 6.18 Å². The van der Waals surface area contributed by atoms with Crippen LogP contribution in [0.4, 0.5) is 18.9 Å². The molecule has 0 unspecified atom stereocenters. The molecule has 0 saturated heterocycles. The summed E-state index contributed by atoms with van der Waals surface area (Å²) in [6.45, 7) is 12.0. The fraction of sp³-hybridized carbons (Fsp3) is 0.250. The Bertz CT molecular complexity index is 1240. The summed E-state index contributed by atoms with van der Waals surface area (Å²) in [4.78, 5) is 16.7. The van der Waals surface area contributed by atoms with Crippen LogP contribution in [0.25, 0.3) is 0 Å². The van der Waals surface area contributed by atoms with Gasteiger partial charge in [0.15, 0.2) is 0 Å². The maximum atomic E-state index is 13.8. The minimum Gasteiger partial charge on any atom is -0.403 e. The molecule has 0 radical (unpaired) electrons. The Hall–Kier alpha value is -4.17. The van der Waals surface area contributed by atoms with E-state index in [1.54, 1.807) is 18.3 Å². The van der Waals surface area contributed by atoms with Gasteiger partial charge in [-0.15, -0.1) is 13.2 Å². The van der Waals surface area contributed by atoms with Crippen molar-refractivity contribution in [1.29, 1.82) is 0 Å². The third-order valence-electron chi connectivity index (χ3n) is 6.49. The molecule has 8 heteroatoms. The van der Waals surface area contributed by atoms with Gasteiger partial charge in [0.25, 0.3) is 0 Å². The molecule has 3 aromatic rings. The lowest BCUT2D eigenvalue weighted by molar-refractivity contribution is -0.138. The number of hydrogen-bond donors (Lipinski definition) is 1. The standard InChI is InChI=1S/C29H31F3N4.C2H4.CH2O/c1-22-11-12-28-25(17-22)20-36(19-24-9-5-6-10-27(24)29(30,31)32)26(18-23-7-3-2-4-8-23)21-35(28)16-15-34-14-13-33;2*1-2/h2-15,17,26H,16,18-21,33H2,1H3;1-2H2;1H2/b14-13-,34-15?;;/t26-;;/m1../s1. The van der Waals surface area contributed by atoms with Crippen LogP contribution >= 0.6 is 0 Å². The summed E-state index contributed by atoms with van der Waals surface area (Å²) in [5, 5.41) is 0. The van der Waals surface area contributed by atoms with E-state index in [1.165, 1.54) is 24.5 Å².